The summed E-state index contributed by atoms with van der Waals surface area (Å²) in [6, 6.07) is 20.0. The first-order valence-corrected chi connectivity index (χ1v) is 12.1. The molecule has 174 valence electrons. The molecule has 3 amide bonds. The van der Waals surface area contributed by atoms with Gasteiger partial charge in [-0.2, -0.15) is 0 Å². The summed E-state index contributed by atoms with van der Waals surface area (Å²) in [5, 5.41) is 6.55. The van der Waals surface area contributed by atoms with Crippen molar-refractivity contribution in [3.05, 3.63) is 105 Å². The third-order valence-electron chi connectivity index (χ3n) is 5.47. The van der Waals surface area contributed by atoms with E-state index in [1.165, 1.54) is 0 Å². The number of amides is 3. The van der Waals surface area contributed by atoms with E-state index in [2.05, 4.69) is 10.6 Å². The second kappa shape index (κ2) is 9.62. The molecule has 0 aliphatic carbocycles. The summed E-state index contributed by atoms with van der Waals surface area (Å²) in [6.07, 6.45) is 3.58. The first-order chi connectivity index (χ1) is 16.9. The molecule has 1 fully saturated rings. The topological polar surface area (TPSA) is 80.2 Å². The Balaban J connectivity index is 1.55. The number of hydrogen-bond donors (Lipinski definition) is 2. The highest BCUT2D eigenvalue weighted by molar-refractivity contribution is 8.18. The molecule has 5 rings (SSSR count). The van der Waals surface area contributed by atoms with E-state index in [9.17, 15) is 14.4 Å². The van der Waals surface area contributed by atoms with Crippen molar-refractivity contribution in [3.63, 3.8) is 0 Å². The average molecular weight is 522 g/mol. The molecule has 0 spiro atoms. The van der Waals surface area contributed by atoms with Gasteiger partial charge in [-0.25, -0.2) is 0 Å². The van der Waals surface area contributed by atoms with Crippen LogP contribution in [0.15, 0.2) is 77.8 Å². The summed E-state index contributed by atoms with van der Waals surface area (Å²) < 4.78 is 2.02. The summed E-state index contributed by atoms with van der Waals surface area (Å²) >= 11 is 13.1. The maximum absolute atomic E-state index is 12.7. The van der Waals surface area contributed by atoms with Crippen molar-refractivity contribution in [2.24, 2.45) is 0 Å². The van der Waals surface area contributed by atoms with E-state index in [1.54, 1.807) is 42.5 Å². The number of fused-ring (bicyclic) bond motifs is 1. The van der Waals surface area contributed by atoms with Crippen LogP contribution in [0.2, 0.25) is 10.0 Å². The van der Waals surface area contributed by atoms with Gasteiger partial charge in [0.1, 0.15) is 0 Å². The smallest absolute Gasteiger partial charge is 0.290 e. The second-order valence-corrected chi connectivity index (χ2v) is 9.69. The van der Waals surface area contributed by atoms with Gasteiger partial charge in [-0.3, -0.25) is 19.7 Å². The first kappa shape index (κ1) is 23.2. The Morgan fingerprint density at radius 1 is 1.00 bits per heavy atom. The fourth-order valence-corrected chi connectivity index (χ4v) is 4.83. The number of anilines is 1. The number of aromatic nitrogens is 1. The Morgan fingerprint density at radius 2 is 1.80 bits per heavy atom. The van der Waals surface area contributed by atoms with Gasteiger partial charge in [-0.05, 0) is 65.9 Å². The lowest BCUT2D eigenvalue weighted by molar-refractivity contribution is -0.115. The van der Waals surface area contributed by atoms with Crippen LogP contribution >= 0.6 is 35.0 Å². The quantitative estimate of drug-likeness (QED) is 0.291. The molecular weight excluding hydrogens is 505 g/mol. The lowest BCUT2D eigenvalue weighted by Gasteiger charge is -2.09. The molecule has 2 N–H and O–H groups in total. The molecule has 0 saturated carbocycles. The van der Waals surface area contributed by atoms with Gasteiger partial charge in [0.15, 0.2) is 0 Å². The minimum absolute atomic E-state index is 0.226. The van der Waals surface area contributed by atoms with Crippen molar-refractivity contribution in [1.82, 2.24) is 9.88 Å². The Labute approximate surface area is 214 Å². The number of nitrogens with zero attached hydrogens (tertiary/aromatic N) is 1. The predicted molar refractivity (Wildman–Crippen MR) is 141 cm³/mol. The highest BCUT2D eigenvalue weighted by atomic mass is 35.5. The third-order valence-corrected chi connectivity index (χ3v) is 7.02. The highest BCUT2D eigenvalue weighted by Gasteiger charge is 2.25. The molecule has 1 aromatic heterocycles. The number of imide groups is 1. The summed E-state index contributed by atoms with van der Waals surface area (Å²) in [5.74, 6) is -0.657. The van der Waals surface area contributed by atoms with Gasteiger partial charge in [0, 0.05) is 40.5 Å². The molecule has 3 aromatic carbocycles. The zero-order valence-corrected chi connectivity index (χ0v) is 20.4. The summed E-state index contributed by atoms with van der Waals surface area (Å²) in [6.45, 7) is 0.505. The van der Waals surface area contributed by atoms with Gasteiger partial charge in [0.25, 0.3) is 17.1 Å². The van der Waals surface area contributed by atoms with Gasteiger partial charge in [0.05, 0.1) is 15.0 Å². The molecule has 0 unspecified atom stereocenters. The van der Waals surface area contributed by atoms with Crippen molar-refractivity contribution >= 4 is 74.7 Å². The number of thioether (sulfide) groups is 1. The second-order valence-electron chi connectivity index (χ2n) is 7.87. The van der Waals surface area contributed by atoms with E-state index in [1.807, 2.05) is 41.1 Å². The van der Waals surface area contributed by atoms with Crippen LogP contribution in [0.4, 0.5) is 10.5 Å². The van der Waals surface area contributed by atoms with Crippen LogP contribution in [0.5, 0.6) is 0 Å². The third kappa shape index (κ3) is 4.98. The number of carbonyl (C=O) groups excluding carboxylic acids is 3. The normalized spacial score (nSPS) is 14.5. The summed E-state index contributed by atoms with van der Waals surface area (Å²) in [5.41, 5.74) is 3.72. The first-order valence-electron chi connectivity index (χ1n) is 10.6. The molecule has 35 heavy (non-hydrogen) atoms. The van der Waals surface area contributed by atoms with Crippen LogP contribution in [0.1, 0.15) is 21.5 Å². The standard InChI is InChI=1S/C26H17Cl2N3O3S/c27-20-8-6-15(10-21(20)28)13-31-14-17(11-23-25(33)30-26(34)35-23)19-12-18(7-9-22(19)31)29-24(32)16-4-2-1-3-5-16/h1-12,14H,13H2,(H,29,32)(H,30,33,34). The van der Waals surface area contributed by atoms with Crippen LogP contribution in [0.3, 0.4) is 0 Å². The molecule has 0 atom stereocenters. The zero-order valence-electron chi connectivity index (χ0n) is 18.0. The molecular formula is C26H17Cl2N3O3S. The maximum Gasteiger partial charge on any atom is 0.290 e. The van der Waals surface area contributed by atoms with Crippen molar-refractivity contribution in [2.45, 2.75) is 6.54 Å². The van der Waals surface area contributed by atoms with Gasteiger partial charge in [0.2, 0.25) is 0 Å². The molecule has 4 aromatic rings. The Kier molecular flexibility index (Phi) is 6.38. The summed E-state index contributed by atoms with van der Waals surface area (Å²) in [7, 11) is 0. The Morgan fingerprint density at radius 3 is 2.51 bits per heavy atom. The monoisotopic (exact) mass is 521 g/mol. The van der Waals surface area contributed by atoms with Crippen LogP contribution in [0.25, 0.3) is 17.0 Å². The molecule has 0 bridgehead atoms. The van der Waals surface area contributed by atoms with Crippen LogP contribution in [-0.2, 0) is 11.3 Å². The molecule has 6 nitrogen and oxygen atoms in total. The molecule has 9 heteroatoms. The predicted octanol–water partition coefficient (Wildman–Crippen LogP) is 6.57. The van der Waals surface area contributed by atoms with Crippen LogP contribution < -0.4 is 10.6 Å². The fourth-order valence-electron chi connectivity index (χ4n) is 3.84. The minimum atomic E-state index is -0.432. The van der Waals surface area contributed by atoms with Crippen LogP contribution in [-0.4, -0.2) is 21.6 Å². The average Bonchev–Trinajstić information content (AvgIpc) is 3.34. The molecule has 1 aliphatic heterocycles. The number of benzene rings is 3. The zero-order chi connectivity index (χ0) is 24.5. The van der Waals surface area contributed by atoms with Crippen molar-refractivity contribution in [1.29, 1.82) is 0 Å². The summed E-state index contributed by atoms with van der Waals surface area (Å²) in [4.78, 5) is 36.8. The number of hydrogen-bond acceptors (Lipinski definition) is 4. The van der Waals surface area contributed by atoms with E-state index in [0.29, 0.717) is 32.7 Å². The van der Waals surface area contributed by atoms with Gasteiger partial charge < -0.3 is 9.88 Å². The van der Waals surface area contributed by atoms with Crippen molar-refractivity contribution in [2.75, 3.05) is 5.32 Å². The van der Waals surface area contributed by atoms with E-state index < -0.39 is 11.1 Å². The number of carbonyl (C=O) groups is 3. The van der Waals surface area contributed by atoms with Gasteiger partial charge in [-0.15, -0.1) is 0 Å². The lowest BCUT2D eigenvalue weighted by atomic mass is 10.1. The Bertz CT molecular complexity index is 1530. The lowest BCUT2D eigenvalue weighted by Crippen LogP contribution is -2.17. The van der Waals surface area contributed by atoms with Gasteiger partial charge in [-0.1, -0.05) is 47.5 Å². The van der Waals surface area contributed by atoms with Gasteiger partial charge >= 0.3 is 0 Å². The molecule has 0 radical (unpaired) electrons. The van der Waals surface area contributed by atoms with E-state index in [4.69, 9.17) is 23.2 Å². The highest BCUT2D eigenvalue weighted by Crippen LogP contribution is 2.32. The SMILES string of the molecule is O=C1NC(=O)C(=Cc2cn(Cc3ccc(Cl)c(Cl)c3)c3ccc(NC(=O)c4ccccc4)cc23)S1. The van der Waals surface area contributed by atoms with E-state index >= 15 is 0 Å². The molecule has 1 saturated heterocycles. The van der Waals surface area contributed by atoms with Crippen molar-refractivity contribution < 1.29 is 14.4 Å². The van der Waals surface area contributed by atoms with Crippen LogP contribution in [0, 0.1) is 0 Å². The number of nitrogens with one attached hydrogen (secondary N) is 2. The maximum atomic E-state index is 12.7. The minimum Gasteiger partial charge on any atom is -0.342 e. The number of rotatable bonds is 5. The molecule has 1 aliphatic rings. The Hall–Kier alpha value is -3.52. The van der Waals surface area contributed by atoms with E-state index in [-0.39, 0.29) is 5.91 Å². The largest absolute Gasteiger partial charge is 0.342 e. The van der Waals surface area contributed by atoms with Crippen molar-refractivity contribution in [3.8, 4) is 0 Å². The molecule has 2 heterocycles. The van der Waals surface area contributed by atoms with E-state index in [0.717, 1.165) is 33.8 Å². The fraction of sp³-hybridized carbons (Fsp3) is 0.0385. The number of halogens is 2.